The molecule has 1 fully saturated rings. The lowest BCUT2D eigenvalue weighted by Crippen LogP contribution is -2.56. The Labute approximate surface area is 158 Å². The van der Waals surface area contributed by atoms with Gasteiger partial charge in [0.05, 0.1) is 18.9 Å². The van der Waals surface area contributed by atoms with Crippen LogP contribution in [-0.2, 0) is 16.0 Å². The number of amides is 2. The summed E-state index contributed by atoms with van der Waals surface area (Å²) in [5, 5.41) is 8.94. The summed E-state index contributed by atoms with van der Waals surface area (Å²) in [4.78, 5) is 32.6. The summed E-state index contributed by atoms with van der Waals surface area (Å²) in [6, 6.07) is 13.3. The van der Waals surface area contributed by atoms with Gasteiger partial charge in [0, 0.05) is 37.2 Å². The number of aryl methyl sites for hydroxylation is 1. The molecule has 1 aliphatic rings. The highest BCUT2D eigenvalue weighted by Gasteiger charge is 2.31. The van der Waals surface area contributed by atoms with Crippen LogP contribution >= 0.6 is 0 Å². The summed E-state index contributed by atoms with van der Waals surface area (Å²) in [5.74, 6) is -0.467. The molecule has 7 nitrogen and oxygen atoms in total. The molecule has 1 aliphatic heterocycles. The van der Waals surface area contributed by atoms with Gasteiger partial charge in [-0.2, -0.15) is 0 Å². The number of rotatable bonds is 5. The van der Waals surface area contributed by atoms with Crippen LogP contribution in [0.3, 0.4) is 0 Å². The number of para-hydroxylation sites is 1. The van der Waals surface area contributed by atoms with Crippen LogP contribution < -0.4 is 10.4 Å². The van der Waals surface area contributed by atoms with Gasteiger partial charge in [-0.25, -0.2) is 5.48 Å². The molecule has 1 saturated heterocycles. The number of hydroxylamine groups is 1. The predicted octanol–water partition coefficient (Wildman–Crippen LogP) is 1.55. The molecule has 1 aromatic carbocycles. The number of benzene rings is 1. The first-order chi connectivity index (χ1) is 13.1. The molecule has 142 valence electrons. The minimum Gasteiger partial charge on any atom is -0.364 e. The summed E-state index contributed by atoms with van der Waals surface area (Å²) in [5.41, 5.74) is 4.59. The van der Waals surface area contributed by atoms with E-state index in [0.29, 0.717) is 19.6 Å². The predicted molar refractivity (Wildman–Crippen MR) is 101 cm³/mol. The van der Waals surface area contributed by atoms with Gasteiger partial charge in [-0.1, -0.05) is 24.3 Å². The van der Waals surface area contributed by atoms with E-state index in [2.05, 4.69) is 9.88 Å². The van der Waals surface area contributed by atoms with Crippen LogP contribution in [0.15, 0.2) is 48.7 Å². The molecule has 2 aromatic rings. The minimum atomic E-state index is -0.461. The molecule has 0 spiro atoms. The average molecular weight is 368 g/mol. The first-order valence-corrected chi connectivity index (χ1v) is 9.01. The Morgan fingerprint density at radius 1 is 1.19 bits per heavy atom. The zero-order valence-electron chi connectivity index (χ0n) is 15.3. The van der Waals surface area contributed by atoms with Gasteiger partial charge < -0.3 is 9.80 Å². The summed E-state index contributed by atoms with van der Waals surface area (Å²) in [7, 11) is 0. The van der Waals surface area contributed by atoms with E-state index in [-0.39, 0.29) is 24.8 Å². The number of pyridine rings is 1. The molecule has 0 bridgehead atoms. The first-order valence-electron chi connectivity index (χ1n) is 9.01. The summed E-state index contributed by atoms with van der Waals surface area (Å²) >= 11 is 0. The Hall–Kier alpha value is -2.93. The Balaban J connectivity index is 1.75. The fraction of sp³-hybridized carbons (Fsp3) is 0.350. The van der Waals surface area contributed by atoms with Crippen LogP contribution in [-0.4, -0.2) is 52.6 Å². The molecule has 0 aliphatic carbocycles. The van der Waals surface area contributed by atoms with Crippen molar-refractivity contribution in [3.63, 3.8) is 0 Å². The molecule has 1 atom stereocenters. The van der Waals surface area contributed by atoms with Crippen LogP contribution in [0.25, 0.3) is 0 Å². The van der Waals surface area contributed by atoms with Gasteiger partial charge in [0.1, 0.15) is 0 Å². The first kappa shape index (κ1) is 18.8. The Morgan fingerprint density at radius 3 is 2.67 bits per heavy atom. The topological polar surface area (TPSA) is 85.8 Å². The number of nitrogens with zero attached hydrogens (tertiary/aromatic N) is 3. The largest absolute Gasteiger partial charge is 0.364 e. The average Bonchev–Trinajstić information content (AvgIpc) is 2.69. The monoisotopic (exact) mass is 368 g/mol. The van der Waals surface area contributed by atoms with Gasteiger partial charge in [0.2, 0.25) is 11.8 Å². The van der Waals surface area contributed by atoms with Crippen LogP contribution in [0.1, 0.15) is 17.7 Å². The molecule has 0 radical (unpaired) electrons. The highest BCUT2D eigenvalue weighted by Crippen LogP contribution is 2.26. The van der Waals surface area contributed by atoms with E-state index in [0.717, 1.165) is 16.9 Å². The van der Waals surface area contributed by atoms with Crippen LogP contribution in [0.2, 0.25) is 0 Å². The molecular weight excluding hydrogens is 344 g/mol. The normalized spacial score (nSPS) is 16.9. The molecule has 1 unspecified atom stereocenters. The number of carbonyl (C=O) groups excluding carboxylic acids is 2. The van der Waals surface area contributed by atoms with Crippen LogP contribution in [0, 0.1) is 6.92 Å². The van der Waals surface area contributed by atoms with E-state index in [4.69, 9.17) is 5.21 Å². The van der Waals surface area contributed by atoms with Crippen LogP contribution in [0.4, 0.5) is 5.69 Å². The van der Waals surface area contributed by atoms with Crippen molar-refractivity contribution in [1.82, 2.24) is 15.4 Å². The van der Waals surface area contributed by atoms with Crippen molar-refractivity contribution >= 4 is 17.5 Å². The van der Waals surface area contributed by atoms with E-state index in [1.54, 1.807) is 16.6 Å². The lowest BCUT2D eigenvalue weighted by Gasteiger charge is -2.43. The van der Waals surface area contributed by atoms with Crippen molar-refractivity contribution in [2.75, 3.05) is 24.5 Å². The van der Waals surface area contributed by atoms with Gasteiger partial charge in [0.25, 0.3) is 0 Å². The van der Waals surface area contributed by atoms with E-state index in [1.807, 2.05) is 49.4 Å². The van der Waals surface area contributed by atoms with Gasteiger partial charge in [-0.05, 0) is 30.7 Å². The second kappa shape index (κ2) is 8.64. The second-order valence-electron chi connectivity index (χ2n) is 6.71. The number of piperazine rings is 1. The molecule has 2 amide bonds. The quantitative estimate of drug-likeness (QED) is 0.618. The SMILES string of the molecule is Cc1ccccc1N1CCN(C(=O)Cc2ccccn2)CC1CC(=O)NO. The van der Waals surface area contributed by atoms with Gasteiger partial charge in [-0.3, -0.25) is 19.8 Å². The van der Waals surface area contributed by atoms with Gasteiger partial charge in [0.15, 0.2) is 0 Å². The Kier molecular flexibility index (Phi) is 6.03. The number of aromatic nitrogens is 1. The number of hydrogen-bond donors (Lipinski definition) is 2. The minimum absolute atomic E-state index is 0.00691. The Morgan fingerprint density at radius 2 is 1.96 bits per heavy atom. The van der Waals surface area contributed by atoms with Crippen molar-refractivity contribution in [3.05, 3.63) is 59.9 Å². The van der Waals surface area contributed by atoms with Crippen molar-refractivity contribution in [3.8, 4) is 0 Å². The van der Waals surface area contributed by atoms with E-state index >= 15 is 0 Å². The number of anilines is 1. The highest BCUT2D eigenvalue weighted by molar-refractivity contribution is 5.80. The summed E-state index contributed by atoms with van der Waals surface area (Å²) in [6.07, 6.45) is 2.02. The second-order valence-corrected chi connectivity index (χ2v) is 6.71. The molecule has 7 heteroatoms. The van der Waals surface area contributed by atoms with E-state index in [1.165, 1.54) is 0 Å². The fourth-order valence-electron chi connectivity index (χ4n) is 3.49. The summed E-state index contributed by atoms with van der Waals surface area (Å²) < 4.78 is 0. The molecule has 2 heterocycles. The molecule has 27 heavy (non-hydrogen) atoms. The lowest BCUT2D eigenvalue weighted by atomic mass is 10.0. The smallest absolute Gasteiger partial charge is 0.245 e. The number of nitrogens with one attached hydrogen (secondary N) is 1. The summed E-state index contributed by atoms with van der Waals surface area (Å²) in [6.45, 7) is 3.66. The highest BCUT2D eigenvalue weighted by atomic mass is 16.5. The van der Waals surface area contributed by atoms with Crippen molar-refractivity contribution in [1.29, 1.82) is 0 Å². The molecule has 0 saturated carbocycles. The third-order valence-electron chi connectivity index (χ3n) is 4.86. The van der Waals surface area contributed by atoms with Gasteiger partial charge >= 0.3 is 0 Å². The third kappa shape index (κ3) is 4.62. The Bertz CT molecular complexity index is 797. The molecular formula is C20H24N4O3. The van der Waals surface area contributed by atoms with E-state index < -0.39 is 5.91 Å². The zero-order valence-corrected chi connectivity index (χ0v) is 15.3. The van der Waals surface area contributed by atoms with Crippen LogP contribution in [0.5, 0.6) is 0 Å². The molecule has 1 aromatic heterocycles. The van der Waals surface area contributed by atoms with Crippen molar-refractivity contribution in [2.45, 2.75) is 25.8 Å². The standard InChI is InChI=1S/C20H24N4O3/c1-15-6-2-3-8-18(15)24-11-10-23(14-17(24)13-19(25)22-27)20(26)12-16-7-4-5-9-21-16/h2-9,17,27H,10-14H2,1H3,(H,22,25). The molecule has 2 N–H and O–H groups in total. The number of hydrogen-bond acceptors (Lipinski definition) is 5. The van der Waals surface area contributed by atoms with Crippen molar-refractivity contribution in [2.24, 2.45) is 0 Å². The van der Waals surface area contributed by atoms with Crippen molar-refractivity contribution < 1.29 is 14.8 Å². The fourth-order valence-corrected chi connectivity index (χ4v) is 3.49. The van der Waals surface area contributed by atoms with Gasteiger partial charge in [-0.15, -0.1) is 0 Å². The maximum Gasteiger partial charge on any atom is 0.245 e. The van der Waals surface area contributed by atoms with E-state index in [9.17, 15) is 9.59 Å². The molecule has 3 rings (SSSR count). The maximum atomic E-state index is 12.7. The maximum absolute atomic E-state index is 12.7. The lowest BCUT2D eigenvalue weighted by molar-refractivity contribution is -0.133. The zero-order chi connectivity index (χ0) is 19.2. The number of carbonyl (C=O) groups is 2. The third-order valence-corrected chi connectivity index (χ3v) is 4.86.